The van der Waals surface area contributed by atoms with Crippen molar-refractivity contribution < 1.29 is 4.79 Å². The molecule has 8 nitrogen and oxygen atoms in total. The van der Waals surface area contributed by atoms with Crippen molar-refractivity contribution in [3.05, 3.63) is 70.4 Å². The number of aromatic nitrogens is 5. The predicted octanol–water partition coefficient (Wildman–Crippen LogP) is 2.06. The molecule has 1 aliphatic carbocycles. The first-order valence-electron chi connectivity index (χ1n) is 10.7. The lowest BCUT2D eigenvalue weighted by Gasteiger charge is -2.40. The lowest BCUT2D eigenvalue weighted by Crippen LogP contribution is -2.48. The minimum Gasteiger partial charge on any atom is -0.342 e. The van der Waals surface area contributed by atoms with Crippen molar-refractivity contribution in [3.8, 4) is 11.4 Å². The van der Waals surface area contributed by atoms with Gasteiger partial charge in [0.1, 0.15) is 5.82 Å². The molecule has 1 atom stereocenters. The van der Waals surface area contributed by atoms with E-state index in [0.717, 1.165) is 48.3 Å². The first-order valence-corrected chi connectivity index (χ1v) is 10.7. The summed E-state index contributed by atoms with van der Waals surface area (Å²) in [6.07, 6.45) is 12.8. The Hall–Kier alpha value is -3.42. The molecule has 0 radical (unpaired) electrons. The van der Waals surface area contributed by atoms with Crippen LogP contribution < -0.4 is 5.56 Å². The van der Waals surface area contributed by atoms with E-state index in [0.29, 0.717) is 31.6 Å². The van der Waals surface area contributed by atoms with Gasteiger partial charge in [0, 0.05) is 67.0 Å². The van der Waals surface area contributed by atoms with Gasteiger partial charge in [-0.25, -0.2) is 4.98 Å². The molecule has 3 aromatic rings. The van der Waals surface area contributed by atoms with Crippen molar-refractivity contribution >= 4 is 5.91 Å². The average molecular weight is 416 g/mol. The number of amides is 1. The number of fused-ring (bicyclic) bond motifs is 2. The van der Waals surface area contributed by atoms with Gasteiger partial charge in [0.2, 0.25) is 5.91 Å². The number of hydrogen-bond acceptors (Lipinski definition) is 6. The molecule has 3 aromatic heterocycles. The molecule has 1 spiro atoms. The Morgan fingerprint density at radius 3 is 2.87 bits per heavy atom. The smallest absolute Gasteiger partial charge is 0.254 e. The monoisotopic (exact) mass is 416 g/mol. The number of aryl methyl sites for hydroxylation is 1. The summed E-state index contributed by atoms with van der Waals surface area (Å²) in [7, 11) is 0. The Morgan fingerprint density at radius 1 is 1.16 bits per heavy atom. The molecule has 1 amide bonds. The quantitative estimate of drug-likeness (QED) is 0.698. The van der Waals surface area contributed by atoms with Crippen LogP contribution >= 0.6 is 0 Å². The minimum absolute atomic E-state index is 0.0770. The van der Waals surface area contributed by atoms with E-state index in [2.05, 4.69) is 19.9 Å². The summed E-state index contributed by atoms with van der Waals surface area (Å²) in [6.45, 7) is 1.36. The number of likely N-dealkylation sites (tertiary alicyclic amines) is 1. The molecule has 8 heteroatoms. The fourth-order valence-corrected chi connectivity index (χ4v) is 4.88. The Kier molecular flexibility index (Phi) is 5.05. The van der Waals surface area contributed by atoms with Gasteiger partial charge < -0.3 is 9.88 Å². The van der Waals surface area contributed by atoms with Gasteiger partial charge in [0.15, 0.2) is 0 Å². The number of carbonyl (C=O) groups is 1. The van der Waals surface area contributed by atoms with E-state index in [4.69, 9.17) is 4.98 Å². The van der Waals surface area contributed by atoms with Gasteiger partial charge in [-0.3, -0.25) is 24.5 Å². The van der Waals surface area contributed by atoms with Gasteiger partial charge in [-0.05, 0) is 44.2 Å². The topological polar surface area (TPSA) is 105 Å². The summed E-state index contributed by atoms with van der Waals surface area (Å²) in [5.41, 5.74) is 2.91. The molecule has 31 heavy (non-hydrogen) atoms. The maximum Gasteiger partial charge on any atom is 0.254 e. The first-order chi connectivity index (χ1) is 15.1. The second-order valence-corrected chi connectivity index (χ2v) is 8.38. The zero-order valence-electron chi connectivity index (χ0n) is 17.3. The number of aromatic amines is 1. The zero-order valence-corrected chi connectivity index (χ0v) is 17.3. The summed E-state index contributed by atoms with van der Waals surface area (Å²) in [6, 6.07) is 3.72. The summed E-state index contributed by atoms with van der Waals surface area (Å²) in [4.78, 5) is 48.0. The van der Waals surface area contributed by atoms with Crippen molar-refractivity contribution in [3.63, 3.8) is 0 Å². The average Bonchev–Trinajstić information content (AvgIpc) is 3.16. The molecule has 2 aliphatic rings. The van der Waals surface area contributed by atoms with Crippen LogP contribution in [0, 0.1) is 0 Å². The van der Waals surface area contributed by atoms with Gasteiger partial charge >= 0.3 is 0 Å². The van der Waals surface area contributed by atoms with Crippen LogP contribution in [-0.2, 0) is 23.1 Å². The van der Waals surface area contributed by atoms with Crippen LogP contribution in [-0.4, -0.2) is 48.8 Å². The summed E-state index contributed by atoms with van der Waals surface area (Å²) in [5, 5.41) is 0. The van der Waals surface area contributed by atoms with Crippen LogP contribution in [0.25, 0.3) is 11.4 Å². The Balaban J connectivity index is 1.39. The number of hydrogen-bond donors (Lipinski definition) is 1. The highest BCUT2D eigenvalue weighted by Gasteiger charge is 2.45. The molecule has 5 rings (SSSR count). The van der Waals surface area contributed by atoms with E-state index in [1.807, 2.05) is 17.0 Å². The third-order valence-electron chi connectivity index (χ3n) is 6.45. The molecule has 4 heterocycles. The molecule has 1 aliphatic heterocycles. The Morgan fingerprint density at radius 2 is 2.06 bits per heavy atom. The summed E-state index contributed by atoms with van der Waals surface area (Å²) >= 11 is 0. The van der Waals surface area contributed by atoms with Gasteiger partial charge in [-0.2, -0.15) is 0 Å². The first kappa shape index (κ1) is 19.5. The molecule has 1 N–H and O–H groups in total. The van der Waals surface area contributed by atoms with E-state index in [1.165, 1.54) is 0 Å². The maximum atomic E-state index is 13.0. The van der Waals surface area contributed by atoms with Crippen LogP contribution in [0.2, 0.25) is 0 Å². The molecular weight excluding hydrogens is 392 g/mol. The van der Waals surface area contributed by atoms with Gasteiger partial charge in [-0.15, -0.1) is 0 Å². The van der Waals surface area contributed by atoms with E-state index in [9.17, 15) is 9.59 Å². The van der Waals surface area contributed by atoms with Crippen LogP contribution in [0.4, 0.5) is 0 Å². The predicted molar refractivity (Wildman–Crippen MR) is 114 cm³/mol. The lowest BCUT2D eigenvalue weighted by atomic mass is 9.77. The fourth-order valence-electron chi connectivity index (χ4n) is 4.88. The van der Waals surface area contributed by atoms with Crippen LogP contribution in [0.3, 0.4) is 0 Å². The highest BCUT2D eigenvalue weighted by Crippen LogP contribution is 2.43. The third kappa shape index (κ3) is 3.73. The molecule has 1 unspecified atom stereocenters. The van der Waals surface area contributed by atoms with E-state index < -0.39 is 0 Å². The SMILES string of the molecule is O=C(CCc1cnccn1)N1CCCC2(CCc3c2nc(-c2cccnc2)[nH]c3=O)C1. The highest BCUT2D eigenvalue weighted by atomic mass is 16.2. The van der Waals surface area contributed by atoms with Crippen molar-refractivity contribution in [2.24, 2.45) is 0 Å². The molecule has 0 aromatic carbocycles. The fraction of sp³-hybridized carbons (Fsp3) is 0.391. The van der Waals surface area contributed by atoms with Crippen molar-refractivity contribution in [1.29, 1.82) is 0 Å². The van der Waals surface area contributed by atoms with E-state index >= 15 is 0 Å². The van der Waals surface area contributed by atoms with Gasteiger partial charge in [-0.1, -0.05) is 0 Å². The third-order valence-corrected chi connectivity index (χ3v) is 6.45. The second-order valence-electron chi connectivity index (χ2n) is 8.38. The highest BCUT2D eigenvalue weighted by molar-refractivity contribution is 5.76. The molecule has 1 saturated heterocycles. The number of rotatable bonds is 4. The van der Waals surface area contributed by atoms with Crippen LogP contribution in [0.15, 0.2) is 47.9 Å². The normalized spacial score (nSPS) is 20.1. The number of nitrogens with one attached hydrogen (secondary N) is 1. The largest absolute Gasteiger partial charge is 0.342 e. The summed E-state index contributed by atoms with van der Waals surface area (Å²) < 4.78 is 0. The molecule has 0 bridgehead atoms. The molecule has 0 saturated carbocycles. The molecular formula is C23H24N6O2. The number of piperidine rings is 1. The van der Waals surface area contributed by atoms with Gasteiger partial charge in [0.05, 0.1) is 11.4 Å². The van der Waals surface area contributed by atoms with Crippen LogP contribution in [0.1, 0.15) is 42.6 Å². The number of nitrogens with zero attached hydrogens (tertiary/aromatic N) is 5. The molecule has 158 valence electrons. The van der Waals surface area contributed by atoms with Crippen molar-refractivity contribution in [1.82, 2.24) is 29.8 Å². The number of H-pyrrole nitrogens is 1. The Bertz CT molecular complexity index is 1150. The van der Waals surface area contributed by atoms with Crippen molar-refractivity contribution in [2.75, 3.05) is 13.1 Å². The Labute approximate surface area is 179 Å². The number of carbonyl (C=O) groups excluding carboxylic acids is 1. The van der Waals surface area contributed by atoms with Gasteiger partial charge in [0.25, 0.3) is 5.56 Å². The standard InChI is InChI=1S/C23H24N6O2/c30-19(5-4-17-14-25-10-11-26-17)29-12-2-7-23(15-29)8-6-18-20(23)27-21(28-22(18)31)16-3-1-9-24-13-16/h1,3,9-11,13-14H,2,4-8,12,15H2,(H,27,28,31). The van der Waals surface area contributed by atoms with Crippen molar-refractivity contribution in [2.45, 2.75) is 43.9 Å². The lowest BCUT2D eigenvalue weighted by molar-refractivity contribution is -0.133. The number of pyridine rings is 1. The minimum atomic E-state index is -0.249. The molecule has 1 fully saturated rings. The van der Waals surface area contributed by atoms with E-state index in [1.54, 1.807) is 31.0 Å². The second kappa shape index (κ2) is 8.02. The maximum absolute atomic E-state index is 13.0. The summed E-state index contributed by atoms with van der Waals surface area (Å²) in [5.74, 6) is 0.666. The van der Waals surface area contributed by atoms with Crippen LogP contribution in [0.5, 0.6) is 0 Å². The zero-order chi connectivity index (χ0) is 21.3. The van der Waals surface area contributed by atoms with E-state index in [-0.39, 0.29) is 16.9 Å².